The molecule has 11 nitrogen and oxygen atoms in total. The molecular weight excluding hydrogens is 350 g/mol. The summed E-state index contributed by atoms with van der Waals surface area (Å²) < 4.78 is 19.6. The van der Waals surface area contributed by atoms with E-state index in [1.807, 2.05) is 0 Å². The molecular formula is C15H15N3O8. The van der Waals surface area contributed by atoms with Crippen LogP contribution in [0, 0.1) is 17.0 Å². The predicted molar refractivity (Wildman–Crippen MR) is 86.4 cm³/mol. The number of anilines is 1. The van der Waals surface area contributed by atoms with E-state index in [1.165, 1.54) is 20.3 Å². The largest absolute Gasteiger partial charge is 0.493 e. The van der Waals surface area contributed by atoms with Crippen molar-refractivity contribution < 1.29 is 33.2 Å². The normalized spacial score (nSPS) is 10.1. The molecule has 0 saturated heterocycles. The van der Waals surface area contributed by atoms with Crippen LogP contribution in [-0.2, 0) is 9.53 Å². The summed E-state index contributed by atoms with van der Waals surface area (Å²) in [6.45, 7) is 0.986. The molecule has 2 rings (SSSR count). The summed E-state index contributed by atoms with van der Waals surface area (Å²) in [5.41, 5.74) is -0.367. The number of aryl methyl sites for hydroxylation is 1. The zero-order valence-corrected chi connectivity index (χ0v) is 14.1. The maximum absolute atomic E-state index is 12.2. The van der Waals surface area contributed by atoms with Crippen LogP contribution < -0.4 is 14.8 Å². The number of amides is 1. The van der Waals surface area contributed by atoms with Gasteiger partial charge in [0.25, 0.3) is 11.6 Å². The molecule has 11 heteroatoms. The Bertz CT molecular complexity index is 845. The van der Waals surface area contributed by atoms with E-state index < -0.39 is 29.1 Å². The zero-order chi connectivity index (χ0) is 19.3. The van der Waals surface area contributed by atoms with Crippen LogP contribution in [-0.4, -0.2) is 42.8 Å². The first-order valence-electron chi connectivity index (χ1n) is 7.16. The van der Waals surface area contributed by atoms with Crippen molar-refractivity contribution in [1.82, 2.24) is 5.16 Å². The third-order valence-corrected chi connectivity index (χ3v) is 3.14. The molecule has 1 aromatic heterocycles. The van der Waals surface area contributed by atoms with Crippen LogP contribution in [0.15, 0.2) is 22.7 Å². The monoisotopic (exact) mass is 365 g/mol. The number of nitrogens with zero attached hydrogens (tertiary/aromatic N) is 2. The number of hydrogen-bond acceptors (Lipinski definition) is 9. The molecule has 0 aliphatic carbocycles. The lowest BCUT2D eigenvalue weighted by Gasteiger charge is -2.10. The van der Waals surface area contributed by atoms with Crippen LogP contribution in [0.2, 0.25) is 0 Å². The summed E-state index contributed by atoms with van der Waals surface area (Å²) in [6, 6.07) is 3.61. The Morgan fingerprint density at radius 2 is 1.88 bits per heavy atom. The summed E-state index contributed by atoms with van der Waals surface area (Å²) in [5.74, 6) is -1.50. The second kappa shape index (κ2) is 7.96. The number of benzene rings is 1. The Morgan fingerprint density at radius 1 is 1.23 bits per heavy atom. The molecule has 138 valence electrons. The number of rotatable bonds is 7. The number of nitro benzene ring substituents is 1. The van der Waals surface area contributed by atoms with Gasteiger partial charge in [0.2, 0.25) is 5.88 Å². The number of nitro groups is 1. The Balaban J connectivity index is 2.12. The van der Waals surface area contributed by atoms with E-state index in [0.29, 0.717) is 5.69 Å². The van der Waals surface area contributed by atoms with E-state index in [4.69, 9.17) is 18.7 Å². The molecule has 1 aromatic carbocycles. The number of aromatic nitrogens is 1. The van der Waals surface area contributed by atoms with Gasteiger partial charge in [0, 0.05) is 12.1 Å². The second-order valence-corrected chi connectivity index (χ2v) is 4.94. The molecule has 1 N–H and O–H groups in total. The average Bonchev–Trinajstić information content (AvgIpc) is 3.02. The highest BCUT2D eigenvalue weighted by Crippen LogP contribution is 2.34. The average molecular weight is 365 g/mol. The molecule has 26 heavy (non-hydrogen) atoms. The standard InChI is InChI=1S/C15H15N3O8/c1-8-4-14(26-17-8)16-13(19)7-25-15(20)9-5-11(23-2)12(24-3)6-10(9)18(21)22/h4-6H,7H2,1-3H3,(H,16,19). The smallest absolute Gasteiger partial charge is 0.345 e. The highest BCUT2D eigenvalue weighted by molar-refractivity contribution is 5.97. The molecule has 0 atom stereocenters. The van der Waals surface area contributed by atoms with Crippen LogP contribution in [0.25, 0.3) is 0 Å². The van der Waals surface area contributed by atoms with E-state index in [0.717, 1.165) is 12.1 Å². The lowest BCUT2D eigenvalue weighted by molar-refractivity contribution is -0.385. The molecule has 0 unspecified atom stereocenters. The van der Waals surface area contributed by atoms with Gasteiger partial charge in [-0.15, -0.1) is 0 Å². The van der Waals surface area contributed by atoms with Crippen LogP contribution in [0.4, 0.5) is 11.6 Å². The fourth-order valence-electron chi connectivity index (χ4n) is 1.99. The van der Waals surface area contributed by atoms with Gasteiger partial charge in [-0.05, 0) is 6.92 Å². The first-order valence-corrected chi connectivity index (χ1v) is 7.16. The van der Waals surface area contributed by atoms with Crippen LogP contribution in [0.1, 0.15) is 16.1 Å². The summed E-state index contributed by atoms with van der Waals surface area (Å²) in [6.07, 6.45) is 0. The fraction of sp³-hybridized carbons (Fsp3) is 0.267. The van der Waals surface area contributed by atoms with Crippen molar-refractivity contribution in [2.75, 3.05) is 26.1 Å². The van der Waals surface area contributed by atoms with Crippen molar-refractivity contribution >= 4 is 23.4 Å². The second-order valence-electron chi connectivity index (χ2n) is 4.94. The first kappa shape index (κ1) is 18.7. The molecule has 0 fully saturated rings. The molecule has 2 aromatic rings. The molecule has 0 aliphatic heterocycles. The highest BCUT2D eigenvalue weighted by atomic mass is 16.6. The van der Waals surface area contributed by atoms with Gasteiger partial charge in [0.15, 0.2) is 18.1 Å². The van der Waals surface area contributed by atoms with Crippen LogP contribution in [0.5, 0.6) is 11.5 Å². The van der Waals surface area contributed by atoms with Crippen LogP contribution in [0.3, 0.4) is 0 Å². The van der Waals surface area contributed by atoms with Crippen molar-refractivity contribution in [2.24, 2.45) is 0 Å². The first-order chi connectivity index (χ1) is 12.3. The van der Waals surface area contributed by atoms with Gasteiger partial charge in [-0.3, -0.25) is 20.2 Å². The fourth-order valence-corrected chi connectivity index (χ4v) is 1.99. The van der Waals surface area contributed by atoms with Gasteiger partial charge in [-0.1, -0.05) is 5.16 Å². The van der Waals surface area contributed by atoms with Gasteiger partial charge in [-0.2, -0.15) is 0 Å². The third kappa shape index (κ3) is 4.26. The minimum absolute atomic E-state index is 0.0779. The Labute approximate surface area is 147 Å². The number of esters is 1. The summed E-state index contributed by atoms with van der Waals surface area (Å²) in [4.78, 5) is 34.3. The van der Waals surface area contributed by atoms with Gasteiger partial charge in [0.05, 0.1) is 30.9 Å². The van der Waals surface area contributed by atoms with E-state index in [1.54, 1.807) is 6.92 Å². The van der Waals surface area contributed by atoms with Crippen LogP contribution >= 0.6 is 0 Å². The molecule has 0 aliphatic rings. The predicted octanol–water partition coefficient (Wildman–Crippen LogP) is 1.70. The van der Waals surface area contributed by atoms with Crippen molar-refractivity contribution in [3.63, 3.8) is 0 Å². The van der Waals surface area contributed by atoms with Crippen molar-refractivity contribution in [2.45, 2.75) is 6.92 Å². The number of ether oxygens (including phenoxy) is 3. The van der Waals surface area contributed by atoms with Gasteiger partial charge in [0.1, 0.15) is 5.56 Å². The molecule has 0 spiro atoms. The van der Waals surface area contributed by atoms with Crippen molar-refractivity contribution in [1.29, 1.82) is 0 Å². The van der Waals surface area contributed by atoms with Gasteiger partial charge in [-0.25, -0.2) is 4.79 Å². The van der Waals surface area contributed by atoms with E-state index >= 15 is 0 Å². The molecule has 1 amide bonds. The summed E-state index contributed by atoms with van der Waals surface area (Å²) >= 11 is 0. The van der Waals surface area contributed by atoms with E-state index in [2.05, 4.69) is 10.5 Å². The molecule has 0 radical (unpaired) electrons. The van der Waals surface area contributed by atoms with Gasteiger partial charge >= 0.3 is 5.97 Å². The third-order valence-electron chi connectivity index (χ3n) is 3.14. The maximum atomic E-state index is 12.2. The lowest BCUT2D eigenvalue weighted by Crippen LogP contribution is -2.21. The lowest BCUT2D eigenvalue weighted by atomic mass is 10.1. The number of carbonyl (C=O) groups is 2. The quantitative estimate of drug-likeness (QED) is 0.440. The van der Waals surface area contributed by atoms with Crippen molar-refractivity contribution in [3.05, 3.63) is 39.6 Å². The Kier molecular flexibility index (Phi) is 5.73. The minimum atomic E-state index is -1.07. The van der Waals surface area contributed by atoms with E-state index in [-0.39, 0.29) is 22.9 Å². The number of nitrogens with one attached hydrogen (secondary N) is 1. The van der Waals surface area contributed by atoms with Gasteiger partial charge < -0.3 is 18.7 Å². The number of carbonyl (C=O) groups excluding carboxylic acids is 2. The highest BCUT2D eigenvalue weighted by Gasteiger charge is 2.26. The SMILES string of the molecule is COc1cc(C(=O)OCC(=O)Nc2cc(C)no2)c([N+](=O)[O-])cc1OC. The van der Waals surface area contributed by atoms with Crippen molar-refractivity contribution in [3.8, 4) is 11.5 Å². The Morgan fingerprint density at radius 3 is 2.42 bits per heavy atom. The maximum Gasteiger partial charge on any atom is 0.345 e. The zero-order valence-electron chi connectivity index (χ0n) is 14.1. The summed E-state index contributed by atoms with van der Waals surface area (Å²) in [5, 5.41) is 17.1. The Hall–Kier alpha value is -3.63. The molecule has 0 bridgehead atoms. The number of hydrogen-bond donors (Lipinski definition) is 1. The molecule has 0 saturated carbocycles. The minimum Gasteiger partial charge on any atom is -0.493 e. The number of methoxy groups -OCH3 is 2. The van der Waals surface area contributed by atoms with E-state index in [9.17, 15) is 19.7 Å². The topological polar surface area (TPSA) is 143 Å². The molecule has 1 heterocycles. The summed E-state index contributed by atoms with van der Waals surface area (Å²) in [7, 11) is 2.61.